The molecule has 0 spiro atoms. The third kappa shape index (κ3) is 7.46. The molecule has 1 aliphatic rings. The predicted molar refractivity (Wildman–Crippen MR) is 105 cm³/mol. The summed E-state index contributed by atoms with van der Waals surface area (Å²) in [7, 11) is 0. The molecule has 0 amide bonds. The largest absolute Gasteiger partial charge is 0.357 e. The van der Waals surface area contributed by atoms with E-state index in [1.54, 1.807) is 0 Å². The Hall–Kier alpha value is -1.56. The van der Waals surface area contributed by atoms with Gasteiger partial charge in [0.1, 0.15) is 0 Å². The molecule has 6 nitrogen and oxygen atoms in total. The molecule has 142 valence electrons. The van der Waals surface area contributed by atoms with Crippen molar-refractivity contribution in [1.82, 2.24) is 25.3 Å². The van der Waals surface area contributed by atoms with Crippen LogP contribution in [-0.2, 0) is 6.54 Å². The minimum Gasteiger partial charge on any atom is -0.357 e. The zero-order chi connectivity index (χ0) is 17.9. The Bertz CT molecular complexity index is 484. The minimum atomic E-state index is 0.463. The quantitative estimate of drug-likeness (QED) is 0.409. The number of hydrogen-bond acceptors (Lipinski definition) is 3. The van der Waals surface area contributed by atoms with E-state index < -0.39 is 0 Å². The summed E-state index contributed by atoms with van der Waals surface area (Å²) in [6.07, 6.45) is 9.10. The van der Waals surface area contributed by atoms with E-state index in [4.69, 9.17) is 4.99 Å². The normalized spacial score (nSPS) is 20.4. The van der Waals surface area contributed by atoms with Gasteiger partial charge in [0.2, 0.25) is 0 Å². The Morgan fingerprint density at radius 2 is 2.24 bits per heavy atom. The first-order valence-electron chi connectivity index (χ1n) is 9.92. The lowest BCUT2D eigenvalue weighted by Crippen LogP contribution is -2.41. The second-order valence-corrected chi connectivity index (χ2v) is 7.21. The first kappa shape index (κ1) is 19.8. The van der Waals surface area contributed by atoms with E-state index in [0.29, 0.717) is 5.92 Å². The van der Waals surface area contributed by atoms with Crippen molar-refractivity contribution < 1.29 is 0 Å². The van der Waals surface area contributed by atoms with E-state index in [1.165, 1.54) is 32.4 Å². The van der Waals surface area contributed by atoms with Gasteiger partial charge >= 0.3 is 0 Å². The van der Waals surface area contributed by atoms with Crippen molar-refractivity contribution in [3.8, 4) is 0 Å². The minimum absolute atomic E-state index is 0.463. The number of aliphatic imine (C=N–C) groups is 1. The lowest BCUT2D eigenvalue weighted by Gasteiger charge is -2.33. The molecule has 2 rings (SSSR count). The van der Waals surface area contributed by atoms with Crippen molar-refractivity contribution in [3.63, 3.8) is 0 Å². The summed E-state index contributed by atoms with van der Waals surface area (Å²) >= 11 is 0. The fourth-order valence-electron chi connectivity index (χ4n) is 3.35. The lowest BCUT2D eigenvalue weighted by atomic mass is 10.0. The van der Waals surface area contributed by atoms with E-state index in [1.807, 2.05) is 23.1 Å². The highest BCUT2D eigenvalue weighted by Gasteiger charge is 2.17. The highest BCUT2D eigenvalue weighted by molar-refractivity contribution is 5.79. The van der Waals surface area contributed by atoms with Gasteiger partial charge < -0.3 is 15.5 Å². The van der Waals surface area contributed by atoms with Gasteiger partial charge in [0.15, 0.2) is 5.96 Å². The molecular formula is C19H36N6. The monoisotopic (exact) mass is 348 g/mol. The molecule has 1 fully saturated rings. The summed E-state index contributed by atoms with van der Waals surface area (Å²) in [5.74, 6) is 1.39. The molecule has 1 aliphatic heterocycles. The highest BCUT2D eigenvalue weighted by Crippen LogP contribution is 2.15. The SMILES string of the molecule is CCNC(=NCC(C)Cn1cccn1)NCCCN1CCCCC1C. The van der Waals surface area contributed by atoms with E-state index in [-0.39, 0.29) is 0 Å². The van der Waals surface area contributed by atoms with Gasteiger partial charge in [-0.2, -0.15) is 5.10 Å². The summed E-state index contributed by atoms with van der Waals surface area (Å²) in [4.78, 5) is 7.36. The lowest BCUT2D eigenvalue weighted by molar-refractivity contribution is 0.159. The maximum Gasteiger partial charge on any atom is 0.191 e. The van der Waals surface area contributed by atoms with Crippen LogP contribution in [0, 0.1) is 5.92 Å². The predicted octanol–water partition coefficient (Wildman–Crippen LogP) is 2.34. The summed E-state index contributed by atoms with van der Waals surface area (Å²) in [5.41, 5.74) is 0. The third-order valence-corrected chi connectivity index (χ3v) is 4.82. The van der Waals surface area contributed by atoms with E-state index in [2.05, 4.69) is 41.4 Å². The summed E-state index contributed by atoms with van der Waals surface area (Å²) < 4.78 is 1.97. The molecule has 1 saturated heterocycles. The van der Waals surface area contributed by atoms with Gasteiger partial charge in [-0.25, -0.2) is 0 Å². The standard InChI is InChI=1S/C19H36N6/c1-4-20-19(22-15-17(2)16-25-14-8-11-23-25)21-10-7-13-24-12-6-5-9-18(24)3/h8,11,14,17-18H,4-7,9-10,12-13,15-16H2,1-3H3,(H2,20,21,22). The van der Waals surface area contributed by atoms with E-state index in [0.717, 1.165) is 44.6 Å². The van der Waals surface area contributed by atoms with Crippen LogP contribution >= 0.6 is 0 Å². The fourth-order valence-corrected chi connectivity index (χ4v) is 3.35. The Labute approximate surface area is 153 Å². The van der Waals surface area contributed by atoms with Crippen LogP contribution in [0.2, 0.25) is 0 Å². The smallest absolute Gasteiger partial charge is 0.191 e. The number of nitrogens with zero attached hydrogens (tertiary/aromatic N) is 4. The molecule has 6 heteroatoms. The van der Waals surface area contributed by atoms with Gasteiger partial charge in [-0.1, -0.05) is 13.3 Å². The first-order chi connectivity index (χ1) is 12.2. The second kappa shape index (κ2) is 11.1. The summed E-state index contributed by atoms with van der Waals surface area (Å²) in [5, 5.41) is 11.1. The van der Waals surface area contributed by atoms with Crippen LogP contribution < -0.4 is 10.6 Å². The Morgan fingerprint density at radius 3 is 2.96 bits per heavy atom. The van der Waals surface area contributed by atoms with Crippen LogP contribution in [0.4, 0.5) is 0 Å². The van der Waals surface area contributed by atoms with Crippen LogP contribution in [0.25, 0.3) is 0 Å². The first-order valence-corrected chi connectivity index (χ1v) is 9.92. The van der Waals surface area contributed by atoms with Gasteiger partial charge in [0.05, 0.1) is 0 Å². The number of hydrogen-bond donors (Lipinski definition) is 2. The van der Waals surface area contributed by atoms with Crippen molar-refractivity contribution in [3.05, 3.63) is 18.5 Å². The number of piperidine rings is 1. The summed E-state index contributed by atoms with van der Waals surface area (Å²) in [6, 6.07) is 2.71. The molecule has 0 aliphatic carbocycles. The van der Waals surface area contributed by atoms with E-state index in [9.17, 15) is 0 Å². The molecule has 2 atom stereocenters. The van der Waals surface area contributed by atoms with Crippen LogP contribution in [0.1, 0.15) is 46.5 Å². The molecule has 2 heterocycles. The molecule has 0 bridgehead atoms. The van der Waals surface area contributed by atoms with Gasteiger partial charge in [-0.05, 0) is 51.6 Å². The fraction of sp³-hybridized carbons (Fsp3) is 0.789. The Kier molecular flexibility index (Phi) is 8.80. The van der Waals surface area contributed by atoms with Crippen LogP contribution in [0.15, 0.2) is 23.5 Å². The van der Waals surface area contributed by atoms with Gasteiger partial charge in [-0.3, -0.25) is 9.67 Å². The van der Waals surface area contributed by atoms with E-state index >= 15 is 0 Å². The number of rotatable bonds is 9. The molecule has 2 unspecified atom stereocenters. The van der Waals surface area contributed by atoms with Crippen molar-refractivity contribution in [1.29, 1.82) is 0 Å². The third-order valence-electron chi connectivity index (χ3n) is 4.82. The van der Waals surface area contributed by atoms with Crippen molar-refractivity contribution in [2.75, 3.05) is 32.7 Å². The molecule has 1 aromatic heterocycles. The summed E-state index contributed by atoms with van der Waals surface area (Å²) in [6.45, 7) is 12.7. The zero-order valence-electron chi connectivity index (χ0n) is 16.2. The maximum atomic E-state index is 4.73. The highest BCUT2D eigenvalue weighted by atomic mass is 15.3. The van der Waals surface area contributed by atoms with Crippen LogP contribution in [0.5, 0.6) is 0 Å². The molecule has 0 radical (unpaired) electrons. The number of nitrogens with one attached hydrogen (secondary N) is 2. The van der Waals surface area contributed by atoms with Crippen LogP contribution in [-0.4, -0.2) is 59.4 Å². The zero-order valence-corrected chi connectivity index (χ0v) is 16.2. The Morgan fingerprint density at radius 1 is 1.36 bits per heavy atom. The Balaban J connectivity index is 1.68. The molecule has 0 aromatic carbocycles. The molecule has 1 aromatic rings. The average Bonchev–Trinajstić information content (AvgIpc) is 3.10. The molecule has 0 saturated carbocycles. The van der Waals surface area contributed by atoms with Gasteiger partial charge in [-0.15, -0.1) is 0 Å². The van der Waals surface area contributed by atoms with Crippen molar-refractivity contribution in [2.45, 2.75) is 59.0 Å². The number of guanidine groups is 1. The number of aromatic nitrogens is 2. The molecular weight excluding hydrogens is 312 g/mol. The van der Waals surface area contributed by atoms with Gasteiger partial charge in [0.25, 0.3) is 0 Å². The average molecular weight is 349 g/mol. The topological polar surface area (TPSA) is 57.5 Å². The molecule has 25 heavy (non-hydrogen) atoms. The number of likely N-dealkylation sites (tertiary alicyclic amines) is 1. The maximum absolute atomic E-state index is 4.73. The van der Waals surface area contributed by atoms with Gasteiger partial charge in [0, 0.05) is 51.2 Å². The molecule has 2 N–H and O–H groups in total. The van der Waals surface area contributed by atoms with Crippen LogP contribution in [0.3, 0.4) is 0 Å². The second-order valence-electron chi connectivity index (χ2n) is 7.21. The van der Waals surface area contributed by atoms with Crippen molar-refractivity contribution in [2.24, 2.45) is 10.9 Å². The van der Waals surface area contributed by atoms with Crippen molar-refractivity contribution >= 4 is 5.96 Å².